The number of amides is 1. The molecule has 0 spiro atoms. The summed E-state index contributed by atoms with van der Waals surface area (Å²) in [6.07, 6.45) is 1.61. The number of likely N-dealkylation sites (tertiary alicyclic amines) is 1. The van der Waals surface area contributed by atoms with Crippen LogP contribution in [0.15, 0.2) is 54.1 Å². The van der Waals surface area contributed by atoms with E-state index in [1.54, 1.807) is 49.6 Å². The predicted octanol–water partition coefficient (Wildman–Crippen LogP) is 3.93. The average Bonchev–Trinajstić information content (AvgIpc) is 3.01. The molecule has 1 heterocycles. The molecule has 0 radical (unpaired) electrons. The number of unbranched alkanes of at least 4 members (excludes halogenated alkanes) is 1. The normalized spacial score (nSPS) is 18.2. The Labute approximate surface area is 170 Å². The number of ketones is 1. The van der Waals surface area contributed by atoms with Crippen LogP contribution in [0.25, 0.3) is 5.76 Å². The molecule has 0 saturated carbocycles. The number of rotatable bonds is 7. The van der Waals surface area contributed by atoms with Gasteiger partial charge in [0, 0.05) is 23.7 Å². The van der Waals surface area contributed by atoms with Crippen LogP contribution in [-0.4, -0.2) is 42.5 Å². The summed E-state index contributed by atoms with van der Waals surface area (Å²) < 4.78 is 10.8. The summed E-state index contributed by atoms with van der Waals surface area (Å²) in [4.78, 5) is 27.3. The van der Waals surface area contributed by atoms with Crippen molar-refractivity contribution in [2.24, 2.45) is 0 Å². The number of benzene rings is 2. The number of carbonyl (C=O) groups is 2. The summed E-state index contributed by atoms with van der Waals surface area (Å²) in [5.74, 6) is -0.411. The highest BCUT2D eigenvalue weighted by atomic mass is 16.5. The maximum absolute atomic E-state index is 12.9. The summed E-state index contributed by atoms with van der Waals surface area (Å²) in [6.45, 7) is 2.43. The minimum absolute atomic E-state index is 0.0702. The highest BCUT2D eigenvalue weighted by Crippen LogP contribution is 2.43. The third-order valence-electron chi connectivity index (χ3n) is 5.07. The first kappa shape index (κ1) is 20.5. The molecular formula is C23H25NO5. The Morgan fingerprint density at radius 3 is 2.41 bits per heavy atom. The SMILES string of the molecule is CCCCN1C(=O)C(=O)/C(=C(/O)c2ccccc2)C1c1ccc(OC)cc1OC. The van der Waals surface area contributed by atoms with E-state index >= 15 is 0 Å². The molecule has 1 atom stereocenters. The van der Waals surface area contributed by atoms with E-state index in [9.17, 15) is 14.7 Å². The molecule has 3 rings (SSSR count). The fraction of sp³-hybridized carbons (Fsp3) is 0.304. The first-order chi connectivity index (χ1) is 14.0. The van der Waals surface area contributed by atoms with Gasteiger partial charge in [-0.1, -0.05) is 43.7 Å². The second-order valence-corrected chi connectivity index (χ2v) is 6.82. The summed E-state index contributed by atoms with van der Waals surface area (Å²) >= 11 is 0. The fourth-order valence-corrected chi connectivity index (χ4v) is 3.56. The van der Waals surface area contributed by atoms with Crippen molar-refractivity contribution in [2.75, 3.05) is 20.8 Å². The summed E-state index contributed by atoms with van der Waals surface area (Å²) in [5, 5.41) is 11.0. The maximum atomic E-state index is 12.9. The molecule has 152 valence electrons. The van der Waals surface area contributed by atoms with Crippen LogP contribution in [-0.2, 0) is 9.59 Å². The number of aliphatic hydroxyl groups is 1. The lowest BCUT2D eigenvalue weighted by molar-refractivity contribution is -0.139. The van der Waals surface area contributed by atoms with Gasteiger partial charge in [0.05, 0.1) is 25.8 Å². The van der Waals surface area contributed by atoms with Gasteiger partial charge in [0.2, 0.25) is 0 Å². The predicted molar refractivity (Wildman–Crippen MR) is 110 cm³/mol. The zero-order chi connectivity index (χ0) is 21.0. The number of aliphatic hydroxyl groups excluding tert-OH is 1. The van der Waals surface area contributed by atoms with Gasteiger partial charge >= 0.3 is 0 Å². The van der Waals surface area contributed by atoms with Crippen LogP contribution >= 0.6 is 0 Å². The Morgan fingerprint density at radius 1 is 1.07 bits per heavy atom. The van der Waals surface area contributed by atoms with Crippen molar-refractivity contribution < 1.29 is 24.2 Å². The average molecular weight is 395 g/mol. The van der Waals surface area contributed by atoms with Gasteiger partial charge in [-0.15, -0.1) is 0 Å². The van der Waals surface area contributed by atoms with E-state index < -0.39 is 17.7 Å². The molecule has 1 fully saturated rings. The lowest BCUT2D eigenvalue weighted by atomic mass is 9.94. The highest BCUT2D eigenvalue weighted by molar-refractivity contribution is 6.46. The number of carbonyl (C=O) groups excluding carboxylic acids is 2. The third kappa shape index (κ3) is 3.83. The molecule has 1 saturated heterocycles. The smallest absolute Gasteiger partial charge is 0.295 e. The van der Waals surface area contributed by atoms with Gasteiger partial charge in [-0.25, -0.2) is 0 Å². The molecule has 6 nitrogen and oxygen atoms in total. The van der Waals surface area contributed by atoms with E-state index in [4.69, 9.17) is 9.47 Å². The van der Waals surface area contributed by atoms with Crippen LogP contribution in [0.1, 0.15) is 36.9 Å². The van der Waals surface area contributed by atoms with Crippen molar-refractivity contribution >= 4 is 17.4 Å². The van der Waals surface area contributed by atoms with Crippen LogP contribution in [0, 0.1) is 0 Å². The zero-order valence-corrected chi connectivity index (χ0v) is 16.8. The minimum Gasteiger partial charge on any atom is -0.507 e. The monoisotopic (exact) mass is 395 g/mol. The second-order valence-electron chi connectivity index (χ2n) is 6.82. The summed E-state index contributed by atoms with van der Waals surface area (Å²) in [5.41, 5.74) is 1.18. The number of Topliss-reactive ketones (excluding diaryl/α,β-unsaturated/α-hetero) is 1. The van der Waals surface area contributed by atoms with Crippen molar-refractivity contribution in [3.63, 3.8) is 0 Å². The summed E-state index contributed by atoms with van der Waals surface area (Å²) in [6, 6.07) is 13.3. The van der Waals surface area contributed by atoms with Crippen LogP contribution in [0.3, 0.4) is 0 Å². The maximum Gasteiger partial charge on any atom is 0.295 e. The molecule has 0 aliphatic carbocycles. The van der Waals surface area contributed by atoms with E-state index in [-0.39, 0.29) is 11.3 Å². The Balaban J connectivity index is 2.21. The number of methoxy groups -OCH3 is 2. The molecule has 2 aromatic rings. The van der Waals surface area contributed by atoms with Crippen molar-refractivity contribution in [3.8, 4) is 11.5 Å². The highest BCUT2D eigenvalue weighted by Gasteiger charge is 2.46. The molecule has 6 heteroatoms. The third-order valence-corrected chi connectivity index (χ3v) is 5.07. The Bertz CT molecular complexity index is 936. The van der Waals surface area contributed by atoms with Gasteiger partial charge < -0.3 is 19.5 Å². The second kappa shape index (κ2) is 8.82. The van der Waals surface area contributed by atoms with E-state index in [1.165, 1.54) is 12.0 Å². The van der Waals surface area contributed by atoms with Crippen LogP contribution in [0.5, 0.6) is 11.5 Å². The van der Waals surface area contributed by atoms with Crippen LogP contribution < -0.4 is 9.47 Å². The van der Waals surface area contributed by atoms with E-state index in [0.717, 1.165) is 12.8 Å². The molecule has 2 aromatic carbocycles. The molecular weight excluding hydrogens is 370 g/mol. The number of hydrogen-bond acceptors (Lipinski definition) is 5. The largest absolute Gasteiger partial charge is 0.507 e. The molecule has 1 amide bonds. The van der Waals surface area contributed by atoms with Crippen molar-refractivity contribution in [1.82, 2.24) is 4.90 Å². The van der Waals surface area contributed by atoms with Gasteiger partial charge in [-0.2, -0.15) is 0 Å². The number of ether oxygens (including phenoxy) is 2. The first-order valence-corrected chi connectivity index (χ1v) is 9.59. The molecule has 0 bridgehead atoms. The number of hydrogen-bond donors (Lipinski definition) is 1. The van der Waals surface area contributed by atoms with Crippen molar-refractivity contribution in [1.29, 1.82) is 0 Å². The topological polar surface area (TPSA) is 76.1 Å². The van der Waals surface area contributed by atoms with Gasteiger partial charge in [0.25, 0.3) is 11.7 Å². The van der Waals surface area contributed by atoms with E-state index in [0.29, 0.717) is 29.2 Å². The fourth-order valence-electron chi connectivity index (χ4n) is 3.56. The van der Waals surface area contributed by atoms with Gasteiger partial charge in [-0.05, 0) is 18.6 Å². The van der Waals surface area contributed by atoms with Gasteiger partial charge in [-0.3, -0.25) is 9.59 Å². The number of nitrogens with zero attached hydrogens (tertiary/aromatic N) is 1. The lowest BCUT2D eigenvalue weighted by Crippen LogP contribution is -2.30. The molecule has 1 unspecified atom stereocenters. The standard InChI is InChI=1S/C23H25NO5/c1-4-5-13-24-20(17-12-11-16(28-2)14-18(17)29-3)19(22(26)23(24)27)21(25)15-9-7-6-8-10-15/h6-12,14,20,25H,4-5,13H2,1-3H3/b21-19+. The van der Waals surface area contributed by atoms with Crippen molar-refractivity contribution in [2.45, 2.75) is 25.8 Å². The Morgan fingerprint density at radius 2 is 1.79 bits per heavy atom. The van der Waals surface area contributed by atoms with Gasteiger partial charge in [0.15, 0.2) is 0 Å². The Kier molecular flexibility index (Phi) is 6.22. The van der Waals surface area contributed by atoms with Crippen LogP contribution in [0.2, 0.25) is 0 Å². The Hall–Kier alpha value is -3.28. The molecule has 0 aromatic heterocycles. The molecule has 29 heavy (non-hydrogen) atoms. The van der Waals surface area contributed by atoms with E-state index in [1.807, 2.05) is 13.0 Å². The quantitative estimate of drug-likeness (QED) is 0.437. The minimum atomic E-state index is -0.734. The molecule has 1 N–H and O–H groups in total. The lowest BCUT2D eigenvalue weighted by Gasteiger charge is -2.26. The van der Waals surface area contributed by atoms with Crippen molar-refractivity contribution in [3.05, 3.63) is 65.2 Å². The van der Waals surface area contributed by atoms with Crippen LogP contribution in [0.4, 0.5) is 0 Å². The van der Waals surface area contributed by atoms with E-state index in [2.05, 4.69) is 0 Å². The molecule has 1 aliphatic rings. The first-order valence-electron chi connectivity index (χ1n) is 9.59. The van der Waals surface area contributed by atoms with Gasteiger partial charge in [0.1, 0.15) is 17.3 Å². The summed E-state index contributed by atoms with van der Waals surface area (Å²) in [7, 11) is 3.07. The molecule has 1 aliphatic heterocycles. The zero-order valence-electron chi connectivity index (χ0n) is 16.8.